The maximum atomic E-state index is 14.4. The number of nitrogens with one attached hydrogen (secondary N) is 2. The molecule has 8 nitrogen and oxygen atoms in total. The van der Waals surface area contributed by atoms with Gasteiger partial charge < -0.3 is 25.0 Å². The zero-order valence-corrected chi connectivity index (χ0v) is 18.6. The van der Waals surface area contributed by atoms with Crippen molar-refractivity contribution in [3.05, 3.63) is 47.8 Å². The van der Waals surface area contributed by atoms with Gasteiger partial charge in [-0.3, -0.25) is 14.4 Å². The topological polar surface area (TPSA) is 97.0 Å². The van der Waals surface area contributed by atoms with Crippen molar-refractivity contribution in [3.63, 3.8) is 0 Å². The van der Waals surface area contributed by atoms with Gasteiger partial charge in [0.15, 0.2) is 11.5 Å². The highest BCUT2D eigenvalue weighted by Crippen LogP contribution is 2.33. The van der Waals surface area contributed by atoms with Crippen molar-refractivity contribution in [3.8, 4) is 11.5 Å². The van der Waals surface area contributed by atoms with Gasteiger partial charge in [-0.25, -0.2) is 4.39 Å². The number of hydrogen-bond acceptors (Lipinski definition) is 5. The summed E-state index contributed by atoms with van der Waals surface area (Å²) in [5.41, 5.74) is 0.634. The molecule has 1 unspecified atom stereocenters. The Hall–Kier alpha value is -3.62. The van der Waals surface area contributed by atoms with Crippen molar-refractivity contribution in [2.75, 3.05) is 24.0 Å². The molecular weight excluding hydrogens is 441 g/mol. The van der Waals surface area contributed by atoms with E-state index in [0.29, 0.717) is 29.3 Å². The van der Waals surface area contributed by atoms with Crippen LogP contribution in [0, 0.1) is 11.7 Å². The van der Waals surface area contributed by atoms with Crippen LogP contribution in [-0.2, 0) is 9.59 Å². The first-order chi connectivity index (χ1) is 16.5. The number of carbonyl (C=O) groups excluding carboxylic acids is 3. The largest absolute Gasteiger partial charge is 0.454 e. The lowest BCUT2D eigenvalue weighted by atomic mass is 9.94. The number of halogens is 1. The highest BCUT2D eigenvalue weighted by molar-refractivity contribution is 6.05. The first-order valence-electron chi connectivity index (χ1n) is 11.6. The molecule has 1 saturated heterocycles. The first-order valence-corrected chi connectivity index (χ1v) is 11.6. The lowest BCUT2D eigenvalue weighted by Crippen LogP contribution is -2.38. The molecule has 1 saturated carbocycles. The summed E-state index contributed by atoms with van der Waals surface area (Å²) in [5, 5.41) is 5.30. The monoisotopic (exact) mass is 467 g/mol. The van der Waals surface area contributed by atoms with Gasteiger partial charge in [0.1, 0.15) is 5.82 Å². The predicted molar refractivity (Wildman–Crippen MR) is 122 cm³/mol. The van der Waals surface area contributed by atoms with Crippen LogP contribution in [0.5, 0.6) is 11.5 Å². The van der Waals surface area contributed by atoms with Crippen LogP contribution in [-0.4, -0.2) is 42.0 Å². The molecule has 5 rings (SSSR count). The smallest absolute Gasteiger partial charge is 0.255 e. The minimum Gasteiger partial charge on any atom is -0.454 e. The normalized spacial score (nSPS) is 19.9. The van der Waals surface area contributed by atoms with Gasteiger partial charge >= 0.3 is 0 Å². The molecular formula is C25H26FN3O5. The summed E-state index contributed by atoms with van der Waals surface area (Å²) in [6, 6.07) is 8.98. The average Bonchev–Trinajstić information content (AvgIpc) is 3.47. The van der Waals surface area contributed by atoms with E-state index in [4.69, 9.17) is 9.47 Å². The van der Waals surface area contributed by atoms with Gasteiger partial charge in [0.2, 0.25) is 18.6 Å². The molecule has 0 aromatic heterocycles. The number of likely N-dealkylation sites (tertiary alicyclic amines) is 1. The van der Waals surface area contributed by atoms with E-state index in [0.717, 1.165) is 25.7 Å². The lowest BCUT2D eigenvalue weighted by Gasteiger charge is -2.31. The fourth-order valence-corrected chi connectivity index (χ4v) is 4.83. The van der Waals surface area contributed by atoms with Gasteiger partial charge in [-0.05, 0) is 49.2 Å². The number of ether oxygens (including phenoxy) is 2. The van der Waals surface area contributed by atoms with Crippen molar-refractivity contribution < 1.29 is 28.2 Å². The van der Waals surface area contributed by atoms with Gasteiger partial charge in [0, 0.05) is 30.3 Å². The summed E-state index contributed by atoms with van der Waals surface area (Å²) in [6.07, 6.45) is 5.45. The number of nitrogens with zero attached hydrogens (tertiary/aromatic N) is 1. The van der Waals surface area contributed by atoms with Gasteiger partial charge in [-0.2, -0.15) is 0 Å². The van der Waals surface area contributed by atoms with Crippen LogP contribution in [0.1, 0.15) is 48.9 Å². The van der Waals surface area contributed by atoms with Gasteiger partial charge in [-0.1, -0.05) is 19.3 Å². The third-order valence-corrected chi connectivity index (χ3v) is 6.66. The Morgan fingerprint density at radius 3 is 2.59 bits per heavy atom. The third-order valence-electron chi connectivity index (χ3n) is 6.66. The number of benzene rings is 2. The second-order valence-electron chi connectivity index (χ2n) is 8.95. The molecule has 0 bridgehead atoms. The van der Waals surface area contributed by atoms with Crippen LogP contribution in [0.4, 0.5) is 15.8 Å². The summed E-state index contributed by atoms with van der Waals surface area (Å²) < 4.78 is 25.0. The molecule has 34 heavy (non-hydrogen) atoms. The second-order valence-corrected chi connectivity index (χ2v) is 8.95. The van der Waals surface area contributed by atoms with E-state index in [1.165, 1.54) is 24.6 Å². The molecule has 0 spiro atoms. The van der Waals surface area contributed by atoms with Crippen LogP contribution in [0.25, 0.3) is 0 Å². The van der Waals surface area contributed by atoms with E-state index in [1.54, 1.807) is 18.2 Å². The predicted octanol–water partition coefficient (Wildman–Crippen LogP) is 3.93. The Morgan fingerprint density at radius 1 is 0.971 bits per heavy atom. The van der Waals surface area contributed by atoms with Crippen LogP contribution in [0.15, 0.2) is 36.4 Å². The van der Waals surface area contributed by atoms with Crippen molar-refractivity contribution >= 4 is 29.1 Å². The zero-order chi connectivity index (χ0) is 23.7. The number of fused-ring (bicyclic) bond motifs is 1. The van der Waals surface area contributed by atoms with Crippen molar-refractivity contribution in [1.82, 2.24) is 4.90 Å². The molecule has 178 valence electrons. The van der Waals surface area contributed by atoms with Crippen LogP contribution >= 0.6 is 0 Å². The second kappa shape index (κ2) is 9.32. The molecule has 0 radical (unpaired) electrons. The molecule has 2 heterocycles. The number of rotatable bonds is 5. The molecule has 9 heteroatoms. The van der Waals surface area contributed by atoms with Crippen LogP contribution in [0.2, 0.25) is 0 Å². The average molecular weight is 467 g/mol. The number of hydrogen-bond donors (Lipinski definition) is 2. The number of carbonyl (C=O) groups is 3. The quantitative estimate of drug-likeness (QED) is 0.695. The summed E-state index contributed by atoms with van der Waals surface area (Å²) in [4.78, 5) is 39.8. The van der Waals surface area contributed by atoms with Crippen molar-refractivity contribution in [2.45, 2.75) is 44.6 Å². The molecule has 2 fully saturated rings. The van der Waals surface area contributed by atoms with E-state index >= 15 is 0 Å². The Bertz CT molecular complexity index is 1130. The van der Waals surface area contributed by atoms with Crippen LogP contribution < -0.4 is 20.1 Å². The summed E-state index contributed by atoms with van der Waals surface area (Å²) in [7, 11) is 0. The molecule has 2 aromatic carbocycles. The van der Waals surface area contributed by atoms with Crippen molar-refractivity contribution in [2.24, 2.45) is 5.92 Å². The Kier molecular flexibility index (Phi) is 6.08. The highest BCUT2D eigenvalue weighted by atomic mass is 19.1. The summed E-state index contributed by atoms with van der Waals surface area (Å²) in [5.74, 6) is -0.929. The zero-order valence-electron chi connectivity index (χ0n) is 18.6. The Morgan fingerprint density at radius 2 is 1.76 bits per heavy atom. The fraction of sp³-hybridized carbons (Fsp3) is 0.400. The molecule has 2 aliphatic heterocycles. The van der Waals surface area contributed by atoms with E-state index in [2.05, 4.69) is 10.6 Å². The van der Waals surface area contributed by atoms with E-state index in [9.17, 15) is 18.8 Å². The van der Waals surface area contributed by atoms with Gasteiger partial charge in [0.05, 0.1) is 11.6 Å². The number of amides is 3. The highest BCUT2D eigenvalue weighted by Gasteiger charge is 2.38. The van der Waals surface area contributed by atoms with E-state index < -0.39 is 23.5 Å². The molecule has 2 aromatic rings. The minimum atomic E-state index is -0.622. The first kappa shape index (κ1) is 22.2. The lowest BCUT2D eigenvalue weighted by molar-refractivity contribution is -0.130. The molecule has 3 amide bonds. The van der Waals surface area contributed by atoms with Crippen LogP contribution in [0.3, 0.4) is 0 Å². The van der Waals surface area contributed by atoms with Gasteiger partial charge in [-0.15, -0.1) is 0 Å². The Balaban J connectivity index is 1.23. The molecule has 2 N–H and O–H groups in total. The summed E-state index contributed by atoms with van der Waals surface area (Å²) >= 11 is 0. The fourth-order valence-electron chi connectivity index (χ4n) is 4.83. The van der Waals surface area contributed by atoms with E-state index in [-0.39, 0.29) is 30.9 Å². The summed E-state index contributed by atoms with van der Waals surface area (Å²) in [6.45, 7) is 0.462. The standard InChI is InChI=1S/C25H26FN3O5/c26-19-8-7-17(27-24(31)15-6-9-21-22(10-15)34-14-33-21)12-20(19)28-25(32)16-11-23(30)29(13-16)18-4-2-1-3-5-18/h6-10,12,16,18H,1-5,11,13-14H2,(H,27,31)(H,28,32). The third kappa shape index (κ3) is 4.55. The molecule has 1 aliphatic carbocycles. The SMILES string of the molecule is O=C(Nc1ccc(F)c(NC(=O)C2CC(=O)N(C3CCCCC3)C2)c1)c1ccc2c(c1)OCO2. The van der Waals surface area contributed by atoms with Crippen molar-refractivity contribution in [1.29, 1.82) is 0 Å². The minimum absolute atomic E-state index is 0.0164. The molecule has 1 atom stereocenters. The Labute approximate surface area is 196 Å². The van der Waals surface area contributed by atoms with Gasteiger partial charge in [0.25, 0.3) is 5.91 Å². The maximum Gasteiger partial charge on any atom is 0.255 e. The number of anilines is 2. The van der Waals surface area contributed by atoms with E-state index in [1.807, 2.05) is 4.90 Å². The molecule has 3 aliphatic rings. The maximum absolute atomic E-state index is 14.4.